The lowest BCUT2D eigenvalue weighted by Gasteiger charge is -2.27. The van der Waals surface area contributed by atoms with E-state index in [2.05, 4.69) is 4.98 Å². The Hall–Kier alpha value is -1.29. The lowest BCUT2D eigenvalue weighted by atomic mass is 9.88. The van der Waals surface area contributed by atoms with Crippen LogP contribution in [-0.2, 0) is 0 Å². The predicted molar refractivity (Wildman–Crippen MR) is 79.6 cm³/mol. The highest BCUT2D eigenvalue weighted by molar-refractivity contribution is 6.33. The van der Waals surface area contributed by atoms with Crippen LogP contribution in [0.4, 0.5) is 5.82 Å². The van der Waals surface area contributed by atoms with E-state index in [1.165, 1.54) is 31.9 Å². The number of carbonyl (C=O) groups is 1. The number of hydrogen-bond acceptors (Lipinski definition) is 3. The highest BCUT2D eigenvalue weighted by Crippen LogP contribution is 2.48. The number of amides is 1. The summed E-state index contributed by atoms with van der Waals surface area (Å²) in [4.78, 5) is 18.1. The average molecular weight is 294 g/mol. The first kappa shape index (κ1) is 13.7. The molecule has 0 saturated heterocycles. The third-order valence-electron chi connectivity index (χ3n) is 4.86. The van der Waals surface area contributed by atoms with Gasteiger partial charge in [-0.3, -0.25) is 4.79 Å². The number of halogens is 1. The minimum Gasteiger partial charge on any atom is -0.382 e. The number of nitrogens with two attached hydrogens (primary N) is 1. The molecule has 3 unspecified atom stereocenters. The summed E-state index contributed by atoms with van der Waals surface area (Å²) in [6.07, 6.45) is 6.87. The zero-order chi connectivity index (χ0) is 14.3. The van der Waals surface area contributed by atoms with Crippen molar-refractivity contribution in [1.29, 1.82) is 0 Å². The van der Waals surface area contributed by atoms with Gasteiger partial charge in [0, 0.05) is 19.8 Å². The van der Waals surface area contributed by atoms with Gasteiger partial charge in [-0.25, -0.2) is 4.98 Å². The lowest BCUT2D eigenvalue weighted by Crippen LogP contribution is -2.33. The Morgan fingerprint density at radius 2 is 2.30 bits per heavy atom. The average Bonchev–Trinajstić information content (AvgIpc) is 3.03. The maximum atomic E-state index is 12.4. The van der Waals surface area contributed by atoms with E-state index in [1.807, 2.05) is 7.05 Å². The van der Waals surface area contributed by atoms with Gasteiger partial charge in [0.25, 0.3) is 5.91 Å². The highest BCUT2D eigenvalue weighted by atomic mass is 35.5. The van der Waals surface area contributed by atoms with Crippen molar-refractivity contribution in [3.8, 4) is 0 Å². The Kier molecular flexibility index (Phi) is 3.59. The molecule has 2 aliphatic rings. The molecule has 0 aliphatic heterocycles. The molecule has 2 fully saturated rings. The molecular weight excluding hydrogens is 274 g/mol. The van der Waals surface area contributed by atoms with Gasteiger partial charge in [-0.15, -0.1) is 0 Å². The van der Waals surface area contributed by atoms with Gasteiger partial charge >= 0.3 is 0 Å². The monoisotopic (exact) mass is 293 g/mol. The number of rotatable bonds is 3. The number of pyridine rings is 1. The molecule has 1 heterocycles. The van der Waals surface area contributed by atoms with Crippen LogP contribution < -0.4 is 5.73 Å². The van der Waals surface area contributed by atoms with Crippen molar-refractivity contribution in [3.63, 3.8) is 0 Å². The topological polar surface area (TPSA) is 59.2 Å². The molecule has 1 amide bonds. The summed E-state index contributed by atoms with van der Waals surface area (Å²) < 4.78 is 0. The van der Waals surface area contributed by atoms with Gasteiger partial charge in [-0.1, -0.05) is 18.0 Å². The van der Waals surface area contributed by atoms with Crippen LogP contribution in [0.1, 0.15) is 36.0 Å². The molecule has 4 nitrogen and oxygen atoms in total. The largest absolute Gasteiger partial charge is 0.382 e. The van der Waals surface area contributed by atoms with E-state index in [0.717, 1.165) is 18.4 Å². The number of nitrogens with zero attached hydrogens (tertiary/aromatic N) is 2. The Morgan fingerprint density at radius 3 is 2.90 bits per heavy atom. The lowest BCUT2D eigenvalue weighted by molar-refractivity contribution is 0.0754. The zero-order valence-electron chi connectivity index (χ0n) is 11.7. The van der Waals surface area contributed by atoms with Gasteiger partial charge in [0.05, 0.1) is 10.6 Å². The summed E-state index contributed by atoms with van der Waals surface area (Å²) in [7, 11) is 1.86. The molecule has 2 bridgehead atoms. The SMILES string of the molecule is CN(CC1CC2CCC1C2)C(=O)c1cnc(N)c(Cl)c1. The Bertz CT molecular complexity index is 534. The minimum absolute atomic E-state index is 0.0258. The van der Waals surface area contributed by atoms with Crippen LogP contribution in [0.2, 0.25) is 5.02 Å². The number of hydrogen-bond donors (Lipinski definition) is 1. The van der Waals surface area contributed by atoms with E-state index in [4.69, 9.17) is 17.3 Å². The Morgan fingerprint density at radius 1 is 1.50 bits per heavy atom. The van der Waals surface area contributed by atoms with Crippen molar-refractivity contribution in [2.45, 2.75) is 25.7 Å². The molecule has 2 N–H and O–H groups in total. The first-order valence-electron chi connectivity index (χ1n) is 7.21. The van der Waals surface area contributed by atoms with Crippen molar-refractivity contribution >= 4 is 23.3 Å². The quantitative estimate of drug-likeness (QED) is 0.932. The highest BCUT2D eigenvalue weighted by Gasteiger charge is 2.40. The minimum atomic E-state index is -0.0258. The van der Waals surface area contributed by atoms with Crippen LogP contribution in [0.15, 0.2) is 12.3 Å². The summed E-state index contributed by atoms with van der Waals surface area (Å²) in [6.45, 7) is 0.835. The standard InChI is InChI=1S/C15H20ClN3O/c1-19(8-12-5-9-2-3-10(12)4-9)15(20)11-6-13(16)14(17)18-7-11/h6-7,9-10,12H,2-5,8H2,1H3,(H2,17,18). The van der Waals surface area contributed by atoms with Crippen molar-refractivity contribution in [1.82, 2.24) is 9.88 Å². The van der Waals surface area contributed by atoms with Crippen LogP contribution in [0, 0.1) is 17.8 Å². The first-order chi connectivity index (χ1) is 9.54. The second-order valence-electron chi connectivity index (χ2n) is 6.21. The zero-order valence-corrected chi connectivity index (χ0v) is 12.4. The molecule has 0 aromatic carbocycles. The summed E-state index contributed by atoms with van der Waals surface area (Å²) in [5.41, 5.74) is 6.08. The molecule has 1 aromatic rings. The first-order valence-corrected chi connectivity index (χ1v) is 7.59. The normalized spacial score (nSPS) is 27.8. The van der Waals surface area contributed by atoms with Gasteiger partial charge in [0.2, 0.25) is 0 Å². The third-order valence-corrected chi connectivity index (χ3v) is 5.16. The van der Waals surface area contributed by atoms with E-state index in [1.54, 1.807) is 11.0 Å². The van der Waals surface area contributed by atoms with Gasteiger partial charge in [-0.2, -0.15) is 0 Å². The second-order valence-corrected chi connectivity index (χ2v) is 6.62. The fourth-order valence-corrected chi connectivity index (χ4v) is 3.99. The van der Waals surface area contributed by atoms with E-state index < -0.39 is 0 Å². The predicted octanol–water partition coefficient (Wildman–Crippen LogP) is 2.83. The number of nitrogen functional groups attached to an aromatic ring is 1. The summed E-state index contributed by atoms with van der Waals surface area (Å²) >= 11 is 5.93. The molecular formula is C15H20ClN3O. The van der Waals surface area contributed by atoms with Crippen LogP contribution in [0.5, 0.6) is 0 Å². The van der Waals surface area contributed by atoms with Crippen molar-refractivity contribution < 1.29 is 4.79 Å². The van der Waals surface area contributed by atoms with E-state index in [-0.39, 0.29) is 11.7 Å². The van der Waals surface area contributed by atoms with Crippen LogP contribution >= 0.6 is 11.6 Å². The van der Waals surface area contributed by atoms with Gasteiger partial charge < -0.3 is 10.6 Å². The number of anilines is 1. The smallest absolute Gasteiger partial charge is 0.255 e. The Labute approximate surface area is 124 Å². The molecule has 3 rings (SSSR count). The molecule has 1 aromatic heterocycles. The summed E-state index contributed by atoms with van der Waals surface area (Å²) in [5.74, 6) is 2.63. The number of aromatic nitrogens is 1. The summed E-state index contributed by atoms with van der Waals surface area (Å²) in [6, 6.07) is 1.60. The molecule has 5 heteroatoms. The van der Waals surface area contributed by atoms with E-state index in [9.17, 15) is 4.79 Å². The van der Waals surface area contributed by atoms with Gasteiger partial charge in [-0.05, 0) is 43.1 Å². The number of carbonyl (C=O) groups excluding carboxylic acids is 1. The van der Waals surface area contributed by atoms with Gasteiger partial charge in [0.1, 0.15) is 5.82 Å². The Balaban J connectivity index is 1.65. The molecule has 0 radical (unpaired) electrons. The fraction of sp³-hybridized carbons (Fsp3) is 0.600. The molecule has 2 saturated carbocycles. The van der Waals surface area contributed by atoms with Crippen molar-refractivity contribution in [2.24, 2.45) is 17.8 Å². The van der Waals surface area contributed by atoms with Crippen LogP contribution in [0.3, 0.4) is 0 Å². The molecule has 108 valence electrons. The van der Waals surface area contributed by atoms with Gasteiger partial charge in [0.15, 0.2) is 0 Å². The fourth-order valence-electron chi connectivity index (χ4n) is 3.82. The van der Waals surface area contributed by atoms with E-state index >= 15 is 0 Å². The van der Waals surface area contributed by atoms with Crippen LogP contribution in [-0.4, -0.2) is 29.4 Å². The maximum Gasteiger partial charge on any atom is 0.255 e. The second kappa shape index (κ2) is 5.24. The van der Waals surface area contributed by atoms with Crippen molar-refractivity contribution in [3.05, 3.63) is 22.8 Å². The molecule has 2 aliphatic carbocycles. The maximum absolute atomic E-state index is 12.4. The van der Waals surface area contributed by atoms with Crippen LogP contribution in [0.25, 0.3) is 0 Å². The van der Waals surface area contributed by atoms with E-state index in [0.29, 0.717) is 16.5 Å². The molecule has 0 spiro atoms. The summed E-state index contributed by atoms with van der Waals surface area (Å²) in [5, 5.41) is 0.337. The van der Waals surface area contributed by atoms with Crippen molar-refractivity contribution in [2.75, 3.05) is 19.3 Å². The third kappa shape index (κ3) is 2.49. The number of fused-ring (bicyclic) bond motifs is 2. The molecule has 3 atom stereocenters. The molecule has 20 heavy (non-hydrogen) atoms.